The topological polar surface area (TPSA) is 135 Å². The number of carbonyl (C=O) groups is 3. The Morgan fingerprint density at radius 2 is 2.07 bits per heavy atom. The first-order valence-corrected chi connectivity index (χ1v) is 14.1. The van der Waals surface area contributed by atoms with Crippen LogP contribution in [0, 0.1) is 6.92 Å². The highest BCUT2D eigenvalue weighted by molar-refractivity contribution is 9.10. The second-order valence-electron chi connectivity index (χ2n) is 9.48. The molecule has 3 heterocycles. The minimum atomic E-state index is -1.17. The highest BCUT2D eigenvalue weighted by atomic mass is 79.9. The molecule has 12 heteroatoms. The van der Waals surface area contributed by atoms with E-state index in [9.17, 15) is 24.6 Å². The fourth-order valence-corrected chi connectivity index (χ4v) is 6.30. The lowest BCUT2D eigenvalue weighted by Crippen LogP contribution is -2.29. The maximum atomic E-state index is 13.6. The molecule has 2 aromatic carbocycles. The number of phenolic OH excluding ortho intramolecular Hbond substituents is 1. The molecule has 41 heavy (non-hydrogen) atoms. The summed E-state index contributed by atoms with van der Waals surface area (Å²) in [6, 6.07) is 6.87. The van der Waals surface area contributed by atoms with E-state index in [0.717, 1.165) is 21.8 Å². The highest BCUT2D eigenvalue weighted by Crippen LogP contribution is 2.47. The van der Waals surface area contributed by atoms with Crippen LogP contribution >= 0.6 is 27.3 Å². The number of aromatic nitrogens is 1. The van der Waals surface area contributed by atoms with Gasteiger partial charge in [0.2, 0.25) is 0 Å². The van der Waals surface area contributed by atoms with Crippen molar-refractivity contribution in [3.8, 4) is 17.2 Å². The Morgan fingerprint density at radius 1 is 1.32 bits per heavy atom. The molecule has 212 valence electrons. The summed E-state index contributed by atoms with van der Waals surface area (Å²) >= 11 is 4.18. The lowest BCUT2D eigenvalue weighted by atomic mass is 9.94. The maximum absolute atomic E-state index is 13.6. The molecule has 1 aromatic heterocycles. The van der Waals surface area contributed by atoms with Crippen LogP contribution in [-0.4, -0.2) is 52.7 Å². The highest BCUT2D eigenvalue weighted by Gasteiger charge is 2.49. The van der Waals surface area contributed by atoms with Crippen molar-refractivity contribution < 1.29 is 38.8 Å². The number of Topliss-reactive ketones (excluding diaryl/α,β-unsaturated/α-hetero) is 1. The molecule has 2 N–H and O–H groups in total. The van der Waals surface area contributed by atoms with Gasteiger partial charge in [-0.3, -0.25) is 14.5 Å². The van der Waals surface area contributed by atoms with Crippen LogP contribution in [0.4, 0.5) is 5.13 Å². The van der Waals surface area contributed by atoms with E-state index in [4.69, 9.17) is 14.2 Å². The molecule has 2 atom stereocenters. The van der Waals surface area contributed by atoms with Crippen LogP contribution < -0.4 is 14.4 Å². The summed E-state index contributed by atoms with van der Waals surface area (Å²) < 4.78 is 16.5. The first kappa shape index (κ1) is 28.4. The standard InChI is InChI=1S/C29H25BrN2O8S/c1-5-8-39-28(37)26-14(3)31-29(41-26)32-22(17-11-18(30)24(34)20(12-17)38-4)21(25(35)27(32)36)23(33)15-6-7-19-16(10-15)9-13(2)40-19/h5-7,10-13,22,33-34H,1,8-9H2,2-4H3. The van der Waals surface area contributed by atoms with E-state index in [-0.39, 0.29) is 50.0 Å². The summed E-state index contributed by atoms with van der Waals surface area (Å²) in [5.41, 5.74) is 1.65. The molecule has 0 aliphatic carbocycles. The number of rotatable bonds is 7. The lowest BCUT2D eigenvalue weighted by Gasteiger charge is -2.24. The van der Waals surface area contributed by atoms with Gasteiger partial charge in [0.25, 0.3) is 5.78 Å². The molecule has 1 fully saturated rings. The molecule has 0 bridgehead atoms. The maximum Gasteiger partial charge on any atom is 0.350 e. The molecule has 2 unspecified atom stereocenters. The normalized spacial score (nSPS) is 19.2. The van der Waals surface area contributed by atoms with Crippen molar-refractivity contribution in [2.45, 2.75) is 32.4 Å². The van der Waals surface area contributed by atoms with E-state index in [1.165, 1.54) is 25.3 Å². The molecule has 3 aromatic rings. The molecule has 2 aliphatic rings. The van der Waals surface area contributed by atoms with Gasteiger partial charge in [-0.2, -0.15) is 0 Å². The molecule has 0 spiro atoms. The zero-order valence-corrected chi connectivity index (χ0v) is 24.7. The van der Waals surface area contributed by atoms with Gasteiger partial charge in [0.05, 0.1) is 28.9 Å². The van der Waals surface area contributed by atoms with Crippen LogP contribution in [0.15, 0.2) is 53.0 Å². The summed E-state index contributed by atoms with van der Waals surface area (Å²) in [6.45, 7) is 7.04. The van der Waals surface area contributed by atoms with Crippen molar-refractivity contribution in [2.75, 3.05) is 18.6 Å². The van der Waals surface area contributed by atoms with Gasteiger partial charge in [-0.15, -0.1) is 0 Å². The van der Waals surface area contributed by atoms with Crippen LogP contribution in [0.5, 0.6) is 17.2 Å². The van der Waals surface area contributed by atoms with E-state index in [1.807, 2.05) is 6.92 Å². The number of aromatic hydroxyl groups is 1. The molecular weight excluding hydrogens is 616 g/mol. The van der Waals surface area contributed by atoms with Crippen molar-refractivity contribution in [3.05, 3.63) is 80.3 Å². The number of halogens is 1. The largest absolute Gasteiger partial charge is 0.507 e. The first-order valence-electron chi connectivity index (χ1n) is 12.5. The minimum Gasteiger partial charge on any atom is -0.507 e. The van der Waals surface area contributed by atoms with Crippen LogP contribution in [0.1, 0.15) is 45.0 Å². The van der Waals surface area contributed by atoms with Crippen molar-refractivity contribution in [3.63, 3.8) is 0 Å². The van der Waals surface area contributed by atoms with E-state index < -0.39 is 23.7 Å². The van der Waals surface area contributed by atoms with Gasteiger partial charge in [0.1, 0.15) is 29.1 Å². The zero-order chi connectivity index (χ0) is 29.6. The number of ketones is 1. The van der Waals surface area contributed by atoms with E-state index in [1.54, 1.807) is 25.1 Å². The van der Waals surface area contributed by atoms with Crippen molar-refractivity contribution in [2.24, 2.45) is 0 Å². The Labute approximate surface area is 247 Å². The molecule has 0 saturated carbocycles. The molecule has 5 rings (SSSR count). The van der Waals surface area contributed by atoms with Gasteiger partial charge < -0.3 is 24.4 Å². The third-order valence-corrected chi connectivity index (χ3v) is 8.45. The zero-order valence-electron chi connectivity index (χ0n) is 22.3. The average molecular weight is 641 g/mol. The predicted molar refractivity (Wildman–Crippen MR) is 155 cm³/mol. The van der Waals surface area contributed by atoms with Crippen molar-refractivity contribution in [1.82, 2.24) is 4.98 Å². The number of amides is 1. The second kappa shape index (κ2) is 11.0. The molecule has 2 aliphatic heterocycles. The van der Waals surface area contributed by atoms with Gasteiger partial charge >= 0.3 is 11.9 Å². The monoisotopic (exact) mass is 640 g/mol. The van der Waals surface area contributed by atoms with Crippen LogP contribution in [0.25, 0.3) is 5.76 Å². The summed E-state index contributed by atoms with van der Waals surface area (Å²) in [7, 11) is 1.36. The SMILES string of the molecule is C=CCOC(=O)c1sc(N2C(=O)C(=O)C(=C(O)c3ccc4c(c3)CC(C)O4)C2c2cc(Br)c(O)c(OC)c2)nc1C. The van der Waals surface area contributed by atoms with E-state index in [0.29, 0.717) is 29.0 Å². The number of hydrogen-bond donors (Lipinski definition) is 2. The Hall–Kier alpha value is -4.16. The predicted octanol–water partition coefficient (Wildman–Crippen LogP) is 5.22. The number of thiazole rings is 1. The van der Waals surface area contributed by atoms with Crippen molar-refractivity contribution >= 4 is 55.8 Å². The summed E-state index contributed by atoms with van der Waals surface area (Å²) in [6.07, 6.45) is 2.02. The number of aryl methyl sites for hydroxylation is 1. The fourth-order valence-electron chi connectivity index (χ4n) is 4.85. The Balaban J connectivity index is 1.70. The summed E-state index contributed by atoms with van der Waals surface area (Å²) in [5.74, 6) is -2.34. The molecule has 10 nitrogen and oxygen atoms in total. The van der Waals surface area contributed by atoms with Gasteiger partial charge in [-0.05, 0) is 71.2 Å². The molecule has 1 saturated heterocycles. The summed E-state index contributed by atoms with van der Waals surface area (Å²) in [4.78, 5) is 45.5. The van der Waals surface area contributed by atoms with Crippen LogP contribution in [0.2, 0.25) is 0 Å². The van der Waals surface area contributed by atoms with Gasteiger partial charge in [0.15, 0.2) is 16.6 Å². The number of carbonyl (C=O) groups excluding carboxylic acids is 3. The number of fused-ring (bicyclic) bond motifs is 1. The second-order valence-corrected chi connectivity index (χ2v) is 11.3. The third-order valence-electron chi connectivity index (χ3n) is 6.71. The molecule has 1 amide bonds. The van der Waals surface area contributed by atoms with Gasteiger partial charge in [0, 0.05) is 12.0 Å². The van der Waals surface area contributed by atoms with Gasteiger partial charge in [-0.25, -0.2) is 9.78 Å². The lowest BCUT2D eigenvalue weighted by molar-refractivity contribution is -0.132. The molecular formula is C29H25BrN2O8S. The van der Waals surface area contributed by atoms with Crippen LogP contribution in [-0.2, 0) is 20.7 Å². The number of anilines is 1. The summed E-state index contributed by atoms with van der Waals surface area (Å²) in [5, 5.41) is 22.0. The number of phenols is 1. The number of nitrogens with zero attached hydrogens (tertiary/aromatic N) is 2. The average Bonchev–Trinajstić information content (AvgIpc) is 3.60. The molecule has 0 radical (unpaired) electrons. The third kappa shape index (κ3) is 4.97. The fraction of sp³-hybridized carbons (Fsp3) is 0.241. The minimum absolute atomic E-state index is 0.0120. The van der Waals surface area contributed by atoms with E-state index in [2.05, 4.69) is 27.5 Å². The quantitative estimate of drug-likeness (QED) is 0.117. The number of hydrogen-bond acceptors (Lipinski definition) is 10. The number of aliphatic hydroxyl groups excluding tert-OH is 1. The van der Waals surface area contributed by atoms with E-state index >= 15 is 0 Å². The van der Waals surface area contributed by atoms with Crippen LogP contribution in [0.3, 0.4) is 0 Å². The number of benzene rings is 2. The number of ether oxygens (including phenoxy) is 3. The number of esters is 1. The van der Waals surface area contributed by atoms with Crippen molar-refractivity contribution in [1.29, 1.82) is 0 Å². The Morgan fingerprint density at radius 3 is 2.78 bits per heavy atom. The van der Waals surface area contributed by atoms with Gasteiger partial charge in [-0.1, -0.05) is 24.0 Å². The Kier molecular flexibility index (Phi) is 7.62. The smallest absolute Gasteiger partial charge is 0.350 e. The first-order chi connectivity index (χ1) is 19.5. The number of methoxy groups -OCH3 is 1. The number of aliphatic hydroxyl groups is 1. The Bertz CT molecular complexity index is 1650.